The van der Waals surface area contributed by atoms with Crippen LogP contribution in [-0.2, 0) is 0 Å². The second-order valence-electron chi connectivity index (χ2n) is 1.62. The van der Waals surface area contributed by atoms with Gasteiger partial charge >= 0.3 is 0 Å². The first-order chi connectivity index (χ1) is 3.81. The molecule has 0 aromatic rings. The molecule has 1 nitrogen and oxygen atoms in total. The van der Waals surface area contributed by atoms with Crippen LogP contribution >= 0.6 is 24.4 Å². The van der Waals surface area contributed by atoms with E-state index in [-0.39, 0.29) is 0 Å². The molecular weight excluding hydrogens is 138 g/mol. The van der Waals surface area contributed by atoms with E-state index in [1.165, 1.54) is 5.75 Å². The van der Waals surface area contributed by atoms with Crippen molar-refractivity contribution in [3.05, 3.63) is 0 Å². The molecule has 50 valence electrons. The fraction of sp³-hybridized carbons (Fsp3) is 1.00. The smallest absolute Gasteiger partial charge is 0.0449 e. The number of rotatable bonds is 4. The van der Waals surface area contributed by atoms with Crippen LogP contribution in [0.4, 0.5) is 0 Å². The quantitative estimate of drug-likeness (QED) is 0.479. The molecule has 0 saturated carbocycles. The minimum Gasteiger partial charge on any atom is -0.288 e. The van der Waals surface area contributed by atoms with Crippen LogP contribution in [0.5, 0.6) is 0 Å². The van der Waals surface area contributed by atoms with Crippen LogP contribution in [0.2, 0.25) is 0 Å². The fourth-order valence-electron chi connectivity index (χ4n) is 0.288. The highest BCUT2D eigenvalue weighted by molar-refractivity contribution is 7.99. The Labute approximate surface area is 61.2 Å². The molecule has 0 rings (SSSR count). The summed E-state index contributed by atoms with van der Waals surface area (Å²) in [5.41, 5.74) is 0. The highest BCUT2D eigenvalue weighted by Gasteiger charge is 1.90. The summed E-state index contributed by atoms with van der Waals surface area (Å²) >= 11 is 6.02. The first-order valence-corrected chi connectivity index (χ1v) is 4.47. The molecule has 0 unspecified atom stereocenters. The van der Waals surface area contributed by atoms with E-state index in [0.29, 0.717) is 0 Å². The van der Waals surface area contributed by atoms with Crippen molar-refractivity contribution in [1.82, 2.24) is 4.90 Å². The number of thioether (sulfide) groups is 1. The van der Waals surface area contributed by atoms with Crippen LogP contribution < -0.4 is 0 Å². The van der Waals surface area contributed by atoms with E-state index in [4.69, 9.17) is 0 Å². The summed E-state index contributed by atoms with van der Waals surface area (Å²) < 4.78 is 0. The van der Waals surface area contributed by atoms with Crippen molar-refractivity contribution in [1.29, 1.82) is 0 Å². The average molecular weight is 151 g/mol. The minimum absolute atomic E-state index is 0.854. The van der Waals surface area contributed by atoms with E-state index < -0.39 is 0 Å². The third-order valence-corrected chi connectivity index (χ3v) is 2.27. The molecule has 8 heavy (non-hydrogen) atoms. The molecule has 0 aliphatic heterocycles. The lowest BCUT2D eigenvalue weighted by Gasteiger charge is -2.10. The molecule has 0 aromatic carbocycles. The molecular formula is C5H13NS2. The van der Waals surface area contributed by atoms with Gasteiger partial charge in [0.1, 0.15) is 0 Å². The summed E-state index contributed by atoms with van der Waals surface area (Å²) in [4.78, 5) is 2.16. The molecule has 0 aromatic heterocycles. The molecule has 0 aliphatic carbocycles. The zero-order valence-electron chi connectivity index (χ0n) is 5.42. The Kier molecular flexibility index (Phi) is 6.27. The predicted octanol–water partition coefficient (Wildman–Crippen LogP) is 1.52. The lowest BCUT2D eigenvalue weighted by Crippen LogP contribution is -2.14. The first kappa shape index (κ1) is 8.66. The monoisotopic (exact) mass is 151 g/mol. The molecule has 0 bridgehead atoms. The SMILES string of the molecule is CCSCN(C)CS. The van der Waals surface area contributed by atoms with E-state index in [0.717, 1.165) is 11.8 Å². The van der Waals surface area contributed by atoms with Gasteiger partial charge < -0.3 is 0 Å². The van der Waals surface area contributed by atoms with Crippen molar-refractivity contribution in [2.45, 2.75) is 6.92 Å². The Morgan fingerprint density at radius 2 is 2.25 bits per heavy atom. The van der Waals surface area contributed by atoms with Crippen molar-refractivity contribution < 1.29 is 0 Å². The third kappa shape index (κ3) is 4.81. The summed E-state index contributed by atoms with van der Waals surface area (Å²) in [6, 6.07) is 0. The van der Waals surface area contributed by atoms with E-state index in [9.17, 15) is 0 Å². The Morgan fingerprint density at radius 1 is 1.62 bits per heavy atom. The highest BCUT2D eigenvalue weighted by Crippen LogP contribution is 2.00. The predicted molar refractivity (Wildman–Crippen MR) is 44.6 cm³/mol. The molecule has 0 spiro atoms. The van der Waals surface area contributed by atoms with Gasteiger partial charge in [0.25, 0.3) is 0 Å². The molecule has 0 N–H and O–H groups in total. The van der Waals surface area contributed by atoms with Gasteiger partial charge in [-0.3, -0.25) is 4.90 Å². The maximum atomic E-state index is 4.10. The van der Waals surface area contributed by atoms with Gasteiger partial charge in [0.2, 0.25) is 0 Å². The Bertz CT molecular complexity index is 49.7. The van der Waals surface area contributed by atoms with Crippen molar-refractivity contribution in [3.8, 4) is 0 Å². The van der Waals surface area contributed by atoms with Gasteiger partial charge in [0.15, 0.2) is 0 Å². The number of thiol groups is 1. The van der Waals surface area contributed by atoms with Crippen LogP contribution in [0, 0.1) is 0 Å². The van der Waals surface area contributed by atoms with Crippen molar-refractivity contribution in [2.24, 2.45) is 0 Å². The summed E-state index contributed by atoms with van der Waals surface area (Å²) in [7, 11) is 2.07. The highest BCUT2D eigenvalue weighted by atomic mass is 32.2. The van der Waals surface area contributed by atoms with E-state index in [1.807, 2.05) is 11.8 Å². The maximum Gasteiger partial charge on any atom is 0.0449 e. The van der Waals surface area contributed by atoms with Crippen LogP contribution in [-0.4, -0.2) is 29.5 Å². The van der Waals surface area contributed by atoms with E-state index >= 15 is 0 Å². The fourth-order valence-corrected chi connectivity index (χ4v) is 1.11. The Balaban J connectivity index is 2.86. The van der Waals surface area contributed by atoms with Gasteiger partial charge in [-0.2, -0.15) is 12.6 Å². The molecule has 0 radical (unpaired) electrons. The van der Waals surface area contributed by atoms with Crippen molar-refractivity contribution in [3.63, 3.8) is 0 Å². The number of hydrogen-bond acceptors (Lipinski definition) is 3. The maximum absolute atomic E-state index is 4.10. The van der Waals surface area contributed by atoms with E-state index in [2.05, 4.69) is 31.5 Å². The summed E-state index contributed by atoms with van der Waals surface area (Å²) in [6.45, 7) is 2.16. The summed E-state index contributed by atoms with van der Waals surface area (Å²) in [5.74, 6) is 3.14. The topological polar surface area (TPSA) is 3.24 Å². The normalized spacial score (nSPS) is 10.5. The van der Waals surface area contributed by atoms with Gasteiger partial charge in [0, 0.05) is 11.8 Å². The van der Waals surface area contributed by atoms with Crippen molar-refractivity contribution in [2.75, 3.05) is 24.6 Å². The first-order valence-electron chi connectivity index (χ1n) is 2.68. The Hall–Kier alpha value is 0.660. The second-order valence-corrected chi connectivity index (χ2v) is 3.15. The van der Waals surface area contributed by atoms with Crippen LogP contribution in [0.3, 0.4) is 0 Å². The van der Waals surface area contributed by atoms with Gasteiger partial charge in [-0.05, 0) is 12.8 Å². The van der Waals surface area contributed by atoms with Gasteiger partial charge in [0.05, 0.1) is 0 Å². The van der Waals surface area contributed by atoms with Gasteiger partial charge in [-0.1, -0.05) is 6.92 Å². The zero-order valence-corrected chi connectivity index (χ0v) is 7.13. The number of hydrogen-bond donors (Lipinski definition) is 1. The lowest BCUT2D eigenvalue weighted by atomic mass is 11.0. The minimum atomic E-state index is 0.854. The molecule has 0 aliphatic rings. The second kappa shape index (κ2) is 5.79. The van der Waals surface area contributed by atoms with Gasteiger partial charge in [-0.15, -0.1) is 11.8 Å². The largest absolute Gasteiger partial charge is 0.288 e. The molecule has 0 fully saturated rings. The molecule has 0 amide bonds. The van der Waals surface area contributed by atoms with Crippen molar-refractivity contribution >= 4 is 24.4 Å². The molecule has 3 heteroatoms. The average Bonchev–Trinajstić information content (AvgIpc) is 1.83. The van der Waals surface area contributed by atoms with Gasteiger partial charge in [-0.25, -0.2) is 0 Å². The third-order valence-electron chi connectivity index (χ3n) is 0.757. The van der Waals surface area contributed by atoms with Crippen LogP contribution in [0.1, 0.15) is 6.92 Å². The molecule has 0 atom stereocenters. The lowest BCUT2D eigenvalue weighted by molar-refractivity contribution is 0.468. The summed E-state index contributed by atoms with van der Waals surface area (Å²) in [6.07, 6.45) is 0. The number of nitrogens with zero attached hydrogens (tertiary/aromatic N) is 1. The zero-order chi connectivity index (χ0) is 6.41. The summed E-state index contributed by atoms with van der Waals surface area (Å²) in [5, 5.41) is 0. The molecule has 0 heterocycles. The standard InChI is InChI=1S/C5H13NS2/c1-3-8-5-6(2)4-7/h7H,3-5H2,1-2H3. The Morgan fingerprint density at radius 3 is 2.62 bits per heavy atom. The van der Waals surface area contributed by atoms with Crippen LogP contribution in [0.15, 0.2) is 0 Å². The van der Waals surface area contributed by atoms with E-state index in [1.54, 1.807) is 0 Å². The van der Waals surface area contributed by atoms with Crippen LogP contribution in [0.25, 0.3) is 0 Å². The molecule has 0 saturated heterocycles.